The van der Waals surface area contributed by atoms with E-state index in [4.69, 9.17) is 0 Å². The van der Waals surface area contributed by atoms with E-state index < -0.39 is 11.4 Å². The minimum Gasteiger partial charge on any atom is -0.481 e. The molecule has 2 heterocycles. The van der Waals surface area contributed by atoms with Crippen LogP contribution in [0.1, 0.15) is 77.1 Å². The van der Waals surface area contributed by atoms with Crippen LogP contribution >= 0.6 is 0 Å². The molecule has 1 aromatic heterocycles. The van der Waals surface area contributed by atoms with E-state index in [2.05, 4.69) is 56.6 Å². The summed E-state index contributed by atoms with van der Waals surface area (Å²) < 4.78 is 2.12. The number of aliphatic carboxylic acids is 1. The van der Waals surface area contributed by atoms with E-state index in [1.807, 2.05) is 40.0 Å². The molecule has 4 rings (SSSR count). The highest BCUT2D eigenvalue weighted by Gasteiger charge is 2.50. The lowest BCUT2D eigenvalue weighted by Gasteiger charge is -2.40. The fourth-order valence-electron chi connectivity index (χ4n) is 5.18. The zero-order valence-electron chi connectivity index (χ0n) is 21.3. The second-order valence-corrected chi connectivity index (χ2v) is 9.31. The molecule has 6 nitrogen and oxygen atoms in total. The Balaban J connectivity index is 0.00000158. The van der Waals surface area contributed by atoms with Crippen molar-refractivity contribution in [1.82, 2.24) is 14.8 Å². The maximum atomic E-state index is 12.3. The van der Waals surface area contributed by atoms with Crippen molar-refractivity contribution < 1.29 is 9.90 Å². The first-order chi connectivity index (χ1) is 16.4. The molecule has 1 aliphatic carbocycles. The van der Waals surface area contributed by atoms with Gasteiger partial charge in [-0.2, -0.15) is 0 Å². The highest BCUT2D eigenvalue weighted by atomic mass is 16.4. The Morgan fingerprint density at radius 2 is 1.74 bits per heavy atom. The van der Waals surface area contributed by atoms with Gasteiger partial charge in [-0.15, -0.1) is 16.8 Å². The third-order valence-corrected chi connectivity index (χ3v) is 7.48. The largest absolute Gasteiger partial charge is 0.481 e. The average Bonchev–Trinajstić information content (AvgIpc) is 3.59. The number of anilines is 1. The monoisotopic (exact) mass is 464 g/mol. The summed E-state index contributed by atoms with van der Waals surface area (Å²) >= 11 is 0. The number of allylic oxidation sites excluding steroid dienone is 2. The van der Waals surface area contributed by atoms with Crippen LogP contribution in [-0.2, 0) is 17.3 Å². The van der Waals surface area contributed by atoms with Gasteiger partial charge in [-0.25, -0.2) is 0 Å². The number of aromatic nitrogens is 3. The molecular formula is C28H40N4O2. The van der Waals surface area contributed by atoms with Gasteiger partial charge >= 0.3 is 5.97 Å². The van der Waals surface area contributed by atoms with E-state index in [9.17, 15) is 9.90 Å². The number of carbonyl (C=O) groups is 1. The van der Waals surface area contributed by atoms with Gasteiger partial charge in [0.05, 0.1) is 10.8 Å². The Morgan fingerprint density at radius 1 is 1.09 bits per heavy atom. The number of carboxylic acid groups (broad SMARTS) is 1. The van der Waals surface area contributed by atoms with Gasteiger partial charge in [0.1, 0.15) is 5.82 Å². The predicted octanol–water partition coefficient (Wildman–Crippen LogP) is 5.90. The number of hydrogen-bond donors (Lipinski definition) is 1. The second kappa shape index (κ2) is 11.0. The first-order valence-electron chi connectivity index (χ1n) is 12.7. The molecule has 1 aromatic carbocycles. The van der Waals surface area contributed by atoms with Crippen molar-refractivity contribution in [3.63, 3.8) is 0 Å². The van der Waals surface area contributed by atoms with Crippen LogP contribution in [0, 0.1) is 5.41 Å². The summed E-state index contributed by atoms with van der Waals surface area (Å²) in [7, 11) is 2.04. The smallest absolute Gasteiger partial charge is 0.313 e. The number of unbranched alkanes of at least 4 members (excludes halogenated alkanes) is 2. The minimum absolute atomic E-state index is 0.0351. The van der Waals surface area contributed by atoms with Gasteiger partial charge in [0.25, 0.3) is 0 Å². The molecule has 0 unspecified atom stereocenters. The molecule has 0 atom stereocenters. The summed E-state index contributed by atoms with van der Waals surface area (Å²) in [6.07, 6.45) is 10.2. The molecule has 1 saturated carbocycles. The molecule has 1 N–H and O–H groups in total. The summed E-state index contributed by atoms with van der Waals surface area (Å²) in [6, 6.07) is 10.5. The van der Waals surface area contributed by atoms with Crippen LogP contribution in [0.15, 0.2) is 54.6 Å². The summed E-state index contributed by atoms with van der Waals surface area (Å²) in [5.74, 6) is 1.13. The summed E-state index contributed by atoms with van der Waals surface area (Å²) in [6.45, 7) is 11.1. The molecular weight excluding hydrogens is 424 g/mol. The molecule has 2 fully saturated rings. The standard InChI is InChI=1S/C26H34N4O2.C2H6/c1-4-5-6-8-11-20(2)25(23(31)32)16-18-30(19-17-25)24-28-27-22(29(24)3)26(14-15-26)21-12-9-7-10-13-21;1-2/h4,7,9-13H,1,5-6,8,14-19H2,2-3H3,(H,31,32);1-2H3/b20-11+;. The molecule has 0 spiro atoms. The molecule has 184 valence electrons. The number of benzene rings is 1. The first kappa shape index (κ1) is 25.7. The Kier molecular flexibility index (Phi) is 8.34. The normalized spacial score (nSPS) is 18.6. The van der Waals surface area contributed by atoms with E-state index in [0.29, 0.717) is 25.9 Å². The molecule has 0 radical (unpaired) electrons. The van der Waals surface area contributed by atoms with Gasteiger partial charge in [0.2, 0.25) is 5.95 Å². The third kappa shape index (κ3) is 4.82. The summed E-state index contributed by atoms with van der Waals surface area (Å²) in [4.78, 5) is 14.5. The van der Waals surface area contributed by atoms with Crippen LogP contribution in [0.25, 0.3) is 0 Å². The highest BCUT2D eigenvalue weighted by Crippen LogP contribution is 2.53. The van der Waals surface area contributed by atoms with Crippen molar-refractivity contribution in [1.29, 1.82) is 0 Å². The Morgan fingerprint density at radius 3 is 2.29 bits per heavy atom. The SMILES string of the molecule is C=CCCC/C=C(\C)C1(C(=O)O)CCN(c2nnc(C3(c4ccccc4)CC3)n2C)CC1.CC. The van der Waals surface area contributed by atoms with Crippen molar-refractivity contribution in [3.05, 3.63) is 66.0 Å². The van der Waals surface area contributed by atoms with Crippen molar-refractivity contribution in [2.75, 3.05) is 18.0 Å². The van der Waals surface area contributed by atoms with E-state index in [1.165, 1.54) is 5.56 Å². The van der Waals surface area contributed by atoms with Gasteiger partial charge in [-0.05, 0) is 57.4 Å². The average molecular weight is 465 g/mol. The molecule has 6 heteroatoms. The lowest BCUT2D eigenvalue weighted by Crippen LogP contribution is -2.46. The molecule has 0 bridgehead atoms. The minimum atomic E-state index is -0.784. The zero-order chi connectivity index (χ0) is 24.8. The fourth-order valence-corrected chi connectivity index (χ4v) is 5.18. The Hall–Kier alpha value is -2.89. The molecule has 1 saturated heterocycles. The molecule has 0 amide bonds. The lowest BCUT2D eigenvalue weighted by atomic mass is 9.72. The highest BCUT2D eigenvalue weighted by molar-refractivity contribution is 5.79. The van der Waals surface area contributed by atoms with Crippen LogP contribution in [0.2, 0.25) is 0 Å². The maximum absolute atomic E-state index is 12.3. The first-order valence-corrected chi connectivity index (χ1v) is 12.7. The van der Waals surface area contributed by atoms with Crippen molar-refractivity contribution >= 4 is 11.9 Å². The Labute approximate surface area is 204 Å². The Bertz CT molecular complexity index is 997. The fraction of sp³-hybridized carbons (Fsp3) is 0.536. The van der Waals surface area contributed by atoms with E-state index >= 15 is 0 Å². The summed E-state index contributed by atoms with van der Waals surface area (Å²) in [5.41, 5.74) is 1.46. The van der Waals surface area contributed by atoms with Crippen LogP contribution < -0.4 is 4.90 Å². The van der Waals surface area contributed by atoms with Crippen molar-refractivity contribution in [3.8, 4) is 0 Å². The lowest BCUT2D eigenvalue weighted by molar-refractivity contribution is -0.147. The van der Waals surface area contributed by atoms with E-state index in [0.717, 1.165) is 49.4 Å². The number of nitrogens with zero attached hydrogens (tertiary/aromatic N) is 4. The number of piperidine rings is 1. The van der Waals surface area contributed by atoms with Crippen molar-refractivity contribution in [2.24, 2.45) is 12.5 Å². The topological polar surface area (TPSA) is 71.2 Å². The van der Waals surface area contributed by atoms with Gasteiger partial charge in [0, 0.05) is 20.1 Å². The van der Waals surface area contributed by atoms with Crippen LogP contribution in [0.5, 0.6) is 0 Å². The quantitative estimate of drug-likeness (QED) is 0.370. The number of rotatable bonds is 9. The van der Waals surface area contributed by atoms with E-state index in [-0.39, 0.29) is 5.41 Å². The zero-order valence-corrected chi connectivity index (χ0v) is 21.3. The number of carboxylic acids is 1. The van der Waals surface area contributed by atoms with Gasteiger partial charge < -0.3 is 10.0 Å². The van der Waals surface area contributed by atoms with Gasteiger partial charge in [-0.1, -0.05) is 61.9 Å². The molecule has 34 heavy (non-hydrogen) atoms. The van der Waals surface area contributed by atoms with Crippen LogP contribution in [0.3, 0.4) is 0 Å². The van der Waals surface area contributed by atoms with Gasteiger partial charge in [-0.3, -0.25) is 9.36 Å². The number of hydrogen-bond acceptors (Lipinski definition) is 4. The van der Waals surface area contributed by atoms with E-state index in [1.54, 1.807) is 0 Å². The van der Waals surface area contributed by atoms with Crippen LogP contribution in [0.4, 0.5) is 5.95 Å². The van der Waals surface area contributed by atoms with Gasteiger partial charge in [0.15, 0.2) is 0 Å². The summed E-state index contributed by atoms with van der Waals surface area (Å²) in [5, 5.41) is 19.3. The van der Waals surface area contributed by atoms with Crippen molar-refractivity contribution in [2.45, 2.75) is 71.1 Å². The van der Waals surface area contributed by atoms with Crippen LogP contribution in [-0.4, -0.2) is 38.9 Å². The predicted molar refractivity (Wildman–Crippen MR) is 138 cm³/mol. The second-order valence-electron chi connectivity index (χ2n) is 9.31. The molecule has 2 aliphatic rings. The molecule has 1 aliphatic heterocycles. The maximum Gasteiger partial charge on any atom is 0.313 e. The molecule has 2 aromatic rings. The third-order valence-electron chi connectivity index (χ3n) is 7.48.